The first-order valence-corrected chi connectivity index (χ1v) is 8.23. The Kier molecular flexibility index (Phi) is 4.96. The van der Waals surface area contributed by atoms with Gasteiger partial charge in [0, 0.05) is 0 Å². The van der Waals surface area contributed by atoms with Crippen LogP contribution < -0.4 is 4.74 Å². The average molecular weight is 310 g/mol. The zero-order valence-corrected chi connectivity index (χ0v) is 13.2. The van der Waals surface area contributed by atoms with Gasteiger partial charge in [0.15, 0.2) is 0 Å². The first kappa shape index (κ1) is 15.6. The van der Waals surface area contributed by atoms with E-state index in [1.165, 1.54) is 0 Å². The van der Waals surface area contributed by atoms with E-state index in [4.69, 9.17) is 4.74 Å². The van der Waals surface area contributed by atoms with Crippen LogP contribution in [0.2, 0.25) is 0 Å². The topological polar surface area (TPSA) is 46.5 Å². The molecule has 1 N–H and O–H groups in total. The van der Waals surface area contributed by atoms with Crippen LogP contribution in [-0.4, -0.2) is 11.1 Å². The molecule has 1 saturated carbocycles. The van der Waals surface area contributed by atoms with E-state index >= 15 is 0 Å². The number of ether oxygens (including phenoxy) is 1. The van der Waals surface area contributed by atoms with E-state index in [9.17, 15) is 9.90 Å². The van der Waals surface area contributed by atoms with Crippen molar-refractivity contribution in [3.8, 4) is 5.75 Å². The molecule has 0 aliphatic heterocycles. The van der Waals surface area contributed by atoms with Crippen LogP contribution in [0.25, 0.3) is 0 Å². The van der Waals surface area contributed by atoms with Gasteiger partial charge in [0.05, 0.1) is 5.92 Å². The Bertz CT molecular complexity index is 634. The fraction of sp³-hybridized carbons (Fsp3) is 0.350. The lowest BCUT2D eigenvalue weighted by molar-refractivity contribution is -0.143. The predicted octanol–water partition coefficient (Wildman–Crippen LogP) is 4.62. The number of carbonyl (C=O) groups is 1. The number of carboxylic acid groups (broad SMARTS) is 1. The maximum atomic E-state index is 11.4. The molecule has 1 aliphatic carbocycles. The molecule has 0 heterocycles. The molecule has 0 aromatic heterocycles. The summed E-state index contributed by atoms with van der Waals surface area (Å²) in [5, 5.41) is 9.41. The van der Waals surface area contributed by atoms with Crippen molar-refractivity contribution in [2.24, 2.45) is 5.92 Å². The van der Waals surface area contributed by atoms with Crippen LogP contribution in [0.4, 0.5) is 0 Å². The summed E-state index contributed by atoms with van der Waals surface area (Å²) in [5.41, 5.74) is 2.24. The molecule has 2 aromatic rings. The van der Waals surface area contributed by atoms with Crippen molar-refractivity contribution in [3.63, 3.8) is 0 Å². The van der Waals surface area contributed by atoms with Gasteiger partial charge < -0.3 is 9.84 Å². The fourth-order valence-electron chi connectivity index (χ4n) is 3.37. The molecule has 0 spiro atoms. The van der Waals surface area contributed by atoms with E-state index < -0.39 is 5.97 Å². The van der Waals surface area contributed by atoms with Gasteiger partial charge in [-0.05, 0) is 42.0 Å². The summed E-state index contributed by atoms with van der Waals surface area (Å²) in [5.74, 6) is 0.0986. The summed E-state index contributed by atoms with van der Waals surface area (Å²) < 4.78 is 5.74. The van der Waals surface area contributed by atoms with Crippen molar-refractivity contribution < 1.29 is 14.6 Å². The second kappa shape index (κ2) is 7.32. The first-order chi connectivity index (χ1) is 11.2. The van der Waals surface area contributed by atoms with Crippen LogP contribution >= 0.6 is 0 Å². The van der Waals surface area contributed by atoms with Gasteiger partial charge in [-0.3, -0.25) is 4.79 Å². The van der Waals surface area contributed by atoms with Gasteiger partial charge in [-0.1, -0.05) is 55.3 Å². The number of para-hydroxylation sites is 1. The highest BCUT2D eigenvalue weighted by Gasteiger charge is 2.31. The Morgan fingerprint density at radius 1 is 1.00 bits per heavy atom. The zero-order valence-electron chi connectivity index (χ0n) is 13.2. The third-order valence-corrected chi connectivity index (χ3v) is 4.64. The number of hydrogen-bond donors (Lipinski definition) is 1. The van der Waals surface area contributed by atoms with Gasteiger partial charge in [0.25, 0.3) is 0 Å². The van der Waals surface area contributed by atoms with Gasteiger partial charge >= 0.3 is 5.97 Å². The largest absolute Gasteiger partial charge is 0.489 e. The normalized spacial score (nSPS) is 20.9. The van der Waals surface area contributed by atoms with E-state index in [-0.39, 0.29) is 11.8 Å². The summed E-state index contributed by atoms with van der Waals surface area (Å²) in [4.78, 5) is 11.4. The van der Waals surface area contributed by atoms with Crippen LogP contribution in [0.5, 0.6) is 5.75 Å². The maximum Gasteiger partial charge on any atom is 0.307 e. The molecule has 0 radical (unpaired) electrons. The Labute approximate surface area is 136 Å². The second-order valence-corrected chi connectivity index (χ2v) is 6.18. The first-order valence-electron chi connectivity index (χ1n) is 8.23. The third kappa shape index (κ3) is 3.92. The van der Waals surface area contributed by atoms with Gasteiger partial charge in [0.1, 0.15) is 12.4 Å². The minimum Gasteiger partial charge on any atom is -0.489 e. The number of hydrogen-bond acceptors (Lipinski definition) is 2. The van der Waals surface area contributed by atoms with Crippen LogP contribution in [0.15, 0.2) is 54.6 Å². The van der Waals surface area contributed by atoms with E-state index in [1.807, 2.05) is 42.5 Å². The standard InChI is InChI=1S/C20H22O3/c21-20(22)19-9-5-4-8-18(19)16-12-10-15(11-13-16)14-23-17-6-2-1-3-7-17/h1-3,6-7,10-13,18-19H,4-5,8-9,14H2,(H,21,22)/t18-,19+/m1/s1. The highest BCUT2D eigenvalue weighted by Crippen LogP contribution is 2.38. The maximum absolute atomic E-state index is 11.4. The lowest BCUT2D eigenvalue weighted by Gasteiger charge is -2.29. The van der Waals surface area contributed by atoms with Crippen molar-refractivity contribution in [2.45, 2.75) is 38.2 Å². The van der Waals surface area contributed by atoms with E-state index in [1.54, 1.807) is 0 Å². The molecular formula is C20H22O3. The second-order valence-electron chi connectivity index (χ2n) is 6.18. The quantitative estimate of drug-likeness (QED) is 0.876. The number of benzene rings is 2. The summed E-state index contributed by atoms with van der Waals surface area (Å²) >= 11 is 0. The Balaban J connectivity index is 1.65. The number of rotatable bonds is 5. The number of aliphatic carboxylic acids is 1. The summed E-state index contributed by atoms with van der Waals surface area (Å²) in [6, 6.07) is 18.0. The van der Waals surface area contributed by atoms with Crippen molar-refractivity contribution >= 4 is 5.97 Å². The zero-order chi connectivity index (χ0) is 16.1. The van der Waals surface area contributed by atoms with Crippen LogP contribution in [-0.2, 0) is 11.4 Å². The Hall–Kier alpha value is -2.29. The van der Waals surface area contributed by atoms with Crippen LogP contribution in [0.1, 0.15) is 42.7 Å². The molecule has 3 rings (SSSR count). The molecule has 1 fully saturated rings. The Morgan fingerprint density at radius 3 is 2.39 bits per heavy atom. The van der Waals surface area contributed by atoms with Gasteiger partial charge in [-0.25, -0.2) is 0 Å². The van der Waals surface area contributed by atoms with Crippen molar-refractivity contribution in [1.82, 2.24) is 0 Å². The smallest absolute Gasteiger partial charge is 0.307 e. The molecule has 2 aromatic carbocycles. The molecule has 0 bridgehead atoms. The van der Waals surface area contributed by atoms with Crippen LogP contribution in [0.3, 0.4) is 0 Å². The molecule has 23 heavy (non-hydrogen) atoms. The van der Waals surface area contributed by atoms with E-state index in [0.717, 1.165) is 42.6 Å². The molecule has 3 nitrogen and oxygen atoms in total. The molecule has 3 heteroatoms. The molecule has 0 saturated heterocycles. The molecule has 120 valence electrons. The van der Waals surface area contributed by atoms with Crippen LogP contribution in [0, 0.1) is 5.92 Å². The van der Waals surface area contributed by atoms with E-state index in [0.29, 0.717) is 6.61 Å². The third-order valence-electron chi connectivity index (χ3n) is 4.64. The lowest BCUT2D eigenvalue weighted by atomic mass is 9.75. The monoisotopic (exact) mass is 310 g/mol. The summed E-state index contributed by atoms with van der Waals surface area (Å²) in [6.07, 6.45) is 3.90. The Morgan fingerprint density at radius 2 is 1.70 bits per heavy atom. The van der Waals surface area contributed by atoms with E-state index in [2.05, 4.69) is 12.1 Å². The van der Waals surface area contributed by atoms with Gasteiger partial charge in [0.2, 0.25) is 0 Å². The van der Waals surface area contributed by atoms with Crippen molar-refractivity contribution in [3.05, 3.63) is 65.7 Å². The molecule has 2 atom stereocenters. The highest BCUT2D eigenvalue weighted by atomic mass is 16.5. The molecular weight excluding hydrogens is 288 g/mol. The summed E-state index contributed by atoms with van der Waals surface area (Å²) in [6.45, 7) is 0.525. The van der Waals surface area contributed by atoms with Gasteiger partial charge in [-0.15, -0.1) is 0 Å². The summed E-state index contributed by atoms with van der Waals surface area (Å²) in [7, 11) is 0. The lowest BCUT2D eigenvalue weighted by Crippen LogP contribution is -2.25. The fourth-order valence-corrected chi connectivity index (χ4v) is 3.37. The average Bonchev–Trinajstić information content (AvgIpc) is 2.61. The number of carboxylic acids is 1. The SMILES string of the molecule is O=C(O)[C@H]1CCCC[C@@H]1c1ccc(COc2ccccc2)cc1. The minimum atomic E-state index is -0.661. The van der Waals surface area contributed by atoms with Gasteiger partial charge in [-0.2, -0.15) is 0 Å². The molecule has 0 amide bonds. The predicted molar refractivity (Wildman–Crippen MR) is 89.6 cm³/mol. The molecule has 1 aliphatic rings. The molecule has 0 unspecified atom stereocenters. The highest BCUT2D eigenvalue weighted by molar-refractivity contribution is 5.71. The minimum absolute atomic E-state index is 0.144. The van der Waals surface area contributed by atoms with Crippen molar-refractivity contribution in [1.29, 1.82) is 0 Å². The van der Waals surface area contributed by atoms with Crippen molar-refractivity contribution in [2.75, 3.05) is 0 Å².